The predicted molar refractivity (Wildman–Crippen MR) is 111 cm³/mol. The Morgan fingerprint density at radius 2 is 1.90 bits per heavy atom. The fourth-order valence-corrected chi connectivity index (χ4v) is 4.00. The monoisotopic (exact) mass is 409 g/mol. The number of aryl methyl sites for hydroxylation is 2. The summed E-state index contributed by atoms with van der Waals surface area (Å²) in [5, 5.41) is 3.15. The molecule has 1 atom stereocenters. The molecular formula is C23H22FN2O2S+. The number of nitrogens with one attached hydrogen (secondary N) is 1. The van der Waals surface area contributed by atoms with Crippen LogP contribution in [0.2, 0.25) is 0 Å². The Hall–Kier alpha value is -2.86. The highest BCUT2D eigenvalue weighted by Crippen LogP contribution is 2.20. The molecule has 0 radical (unpaired) electrons. The SMILES string of the molecule is O=C(c1ccc(F)cc1)C(C(=S)NCc1ccco1)[n+]1ccc2c(c1)CCCC2. The van der Waals surface area contributed by atoms with Gasteiger partial charge in [0.05, 0.1) is 12.8 Å². The average Bonchev–Trinajstić information content (AvgIpc) is 3.26. The number of rotatable bonds is 6. The Kier molecular flexibility index (Phi) is 5.81. The van der Waals surface area contributed by atoms with E-state index in [9.17, 15) is 9.18 Å². The maximum Gasteiger partial charge on any atom is 0.270 e. The molecule has 0 amide bonds. The summed E-state index contributed by atoms with van der Waals surface area (Å²) in [7, 11) is 0. The third-order valence-electron chi connectivity index (χ3n) is 5.25. The number of halogens is 1. The van der Waals surface area contributed by atoms with Gasteiger partial charge in [0.25, 0.3) is 6.04 Å². The molecule has 148 valence electrons. The van der Waals surface area contributed by atoms with E-state index in [1.54, 1.807) is 12.3 Å². The van der Waals surface area contributed by atoms with Crippen LogP contribution in [0, 0.1) is 5.82 Å². The van der Waals surface area contributed by atoms with Gasteiger partial charge in [0.2, 0.25) is 5.78 Å². The van der Waals surface area contributed by atoms with Crippen LogP contribution >= 0.6 is 12.2 Å². The van der Waals surface area contributed by atoms with Crippen molar-refractivity contribution in [2.75, 3.05) is 0 Å². The van der Waals surface area contributed by atoms with E-state index in [0.29, 0.717) is 17.1 Å². The van der Waals surface area contributed by atoms with E-state index in [-0.39, 0.29) is 11.6 Å². The molecule has 0 fully saturated rings. The smallest absolute Gasteiger partial charge is 0.270 e. The van der Waals surface area contributed by atoms with Crippen LogP contribution in [0.15, 0.2) is 65.5 Å². The van der Waals surface area contributed by atoms with Crippen molar-refractivity contribution in [3.8, 4) is 0 Å². The zero-order valence-corrected chi connectivity index (χ0v) is 16.8. The molecule has 2 aromatic heterocycles. The Morgan fingerprint density at radius 1 is 1.14 bits per heavy atom. The van der Waals surface area contributed by atoms with Crippen molar-refractivity contribution in [2.24, 2.45) is 0 Å². The summed E-state index contributed by atoms with van der Waals surface area (Å²) >= 11 is 5.62. The van der Waals surface area contributed by atoms with Crippen LogP contribution in [0.3, 0.4) is 0 Å². The maximum atomic E-state index is 13.3. The quantitative estimate of drug-likeness (QED) is 0.378. The average molecular weight is 410 g/mol. The van der Waals surface area contributed by atoms with Gasteiger partial charge in [-0.1, -0.05) is 12.2 Å². The van der Waals surface area contributed by atoms with E-state index in [1.807, 2.05) is 23.0 Å². The zero-order valence-electron chi connectivity index (χ0n) is 15.9. The molecule has 1 aliphatic rings. The standard InChI is InChI=1S/C23H21FN2O2S/c24-19-9-7-17(8-10-19)22(27)21(23(29)25-14-20-6-3-13-28-20)26-12-11-16-4-1-2-5-18(16)15-26/h3,6-13,15,21H,1-2,4-5,14H2/p+1. The molecule has 1 N–H and O–H groups in total. The normalized spacial score (nSPS) is 14.1. The van der Waals surface area contributed by atoms with E-state index in [4.69, 9.17) is 16.6 Å². The highest BCUT2D eigenvalue weighted by Gasteiger charge is 2.34. The van der Waals surface area contributed by atoms with E-state index in [2.05, 4.69) is 11.4 Å². The topological polar surface area (TPSA) is 46.1 Å². The number of carbonyl (C=O) groups excluding carboxylic acids is 1. The maximum absolute atomic E-state index is 13.3. The Morgan fingerprint density at radius 3 is 2.62 bits per heavy atom. The predicted octanol–water partition coefficient (Wildman–Crippen LogP) is 4.13. The van der Waals surface area contributed by atoms with Gasteiger partial charge in [-0.2, -0.15) is 4.57 Å². The molecule has 6 heteroatoms. The molecule has 3 aromatic rings. The van der Waals surface area contributed by atoms with Gasteiger partial charge in [-0.25, -0.2) is 4.39 Å². The number of pyridine rings is 1. The van der Waals surface area contributed by atoms with Crippen molar-refractivity contribution >= 4 is 23.0 Å². The van der Waals surface area contributed by atoms with Crippen molar-refractivity contribution in [1.29, 1.82) is 0 Å². The summed E-state index contributed by atoms with van der Waals surface area (Å²) in [5.74, 6) is 0.177. The number of benzene rings is 1. The van der Waals surface area contributed by atoms with E-state index in [0.717, 1.165) is 25.0 Å². The van der Waals surface area contributed by atoms with Crippen LogP contribution in [0.5, 0.6) is 0 Å². The highest BCUT2D eigenvalue weighted by molar-refractivity contribution is 7.80. The van der Waals surface area contributed by atoms with E-state index in [1.165, 1.54) is 41.8 Å². The number of furan rings is 1. The molecule has 0 spiro atoms. The number of ketones is 1. The molecule has 0 saturated heterocycles. The van der Waals surface area contributed by atoms with E-state index < -0.39 is 6.04 Å². The summed E-state index contributed by atoms with van der Waals surface area (Å²) in [4.78, 5) is 13.7. The Bertz CT molecular complexity index is 1020. The number of nitrogens with zero attached hydrogens (tertiary/aromatic N) is 1. The van der Waals surface area contributed by atoms with Crippen molar-refractivity contribution in [3.63, 3.8) is 0 Å². The minimum absolute atomic E-state index is 0.178. The molecular weight excluding hydrogens is 387 g/mol. The lowest BCUT2D eigenvalue weighted by Gasteiger charge is -2.18. The van der Waals surface area contributed by atoms with Crippen molar-refractivity contribution in [1.82, 2.24) is 5.32 Å². The first-order chi connectivity index (χ1) is 14.1. The van der Waals surface area contributed by atoms with Crippen LogP contribution in [-0.2, 0) is 19.4 Å². The van der Waals surface area contributed by atoms with Crippen molar-refractivity contribution in [2.45, 2.75) is 38.3 Å². The molecule has 1 aliphatic carbocycles. The second-order valence-electron chi connectivity index (χ2n) is 7.22. The summed E-state index contributed by atoms with van der Waals surface area (Å²) in [6.45, 7) is 0.393. The van der Waals surface area contributed by atoms with Gasteiger partial charge in [0.1, 0.15) is 11.6 Å². The van der Waals surface area contributed by atoms with Gasteiger partial charge in [-0.3, -0.25) is 4.79 Å². The van der Waals surface area contributed by atoms with Crippen LogP contribution < -0.4 is 9.88 Å². The summed E-state index contributed by atoms with van der Waals surface area (Å²) in [6.07, 6.45) is 9.94. The third kappa shape index (κ3) is 4.43. The molecule has 4 rings (SSSR count). The number of hydrogen-bond donors (Lipinski definition) is 1. The van der Waals surface area contributed by atoms with Gasteiger partial charge < -0.3 is 9.73 Å². The molecule has 0 bridgehead atoms. The molecule has 1 aromatic carbocycles. The fraction of sp³-hybridized carbons (Fsp3) is 0.261. The first-order valence-corrected chi connectivity index (χ1v) is 10.1. The van der Waals surface area contributed by atoms with Crippen LogP contribution in [0.4, 0.5) is 4.39 Å². The molecule has 29 heavy (non-hydrogen) atoms. The lowest BCUT2D eigenvalue weighted by Crippen LogP contribution is -2.51. The van der Waals surface area contributed by atoms with E-state index >= 15 is 0 Å². The molecule has 0 saturated carbocycles. The van der Waals surface area contributed by atoms with Crippen LogP contribution in [0.25, 0.3) is 0 Å². The highest BCUT2D eigenvalue weighted by atomic mass is 32.1. The number of thiocarbonyl (C=S) groups is 1. The Labute approximate surface area is 174 Å². The Balaban J connectivity index is 1.65. The first-order valence-electron chi connectivity index (χ1n) is 9.74. The fourth-order valence-electron chi connectivity index (χ4n) is 3.70. The van der Waals surface area contributed by atoms with Gasteiger partial charge in [-0.05, 0) is 67.6 Å². The van der Waals surface area contributed by atoms with Crippen LogP contribution in [-0.4, -0.2) is 10.8 Å². The molecule has 4 nitrogen and oxygen atoms in total. The molecule has 2 heterocycles. The lowest BCUT2D eigenvalue weighted by atomic mass is 9.93. The van der Waals surface area contributed by atoms with Gasteiger partial charge in [0, 0.05) is 17.2 Å². The lowest BCUT2D eigenvalue weighted by molar-refractivity contribution is -0.692. The number of Topliss-reactive ketones (excluding diaryl/α,β-unsaturated/α-hetero) is 1. The summed E-state index contributed by atoms with van der Waals surface area (Å²) in [6, 6.07) is 10.6. The van der Waals surface area contributed by atoms with Gasteiger partial charge in [0.15, 0.2) is 17.4 Å². The summed E-state index contributed by atoms with van der Waals surface area (Å²) in [5.41, 5.74) is 3.00. The molecule has 0 aliphatic heterocycles. The summed E-state index contributed by atoms with van der Waals surface area (Å²) < 4.78 is 20.5. The number of fused-ring (bicyclic) bond motifs is 1. The van der Waals surface area contributed by atoms with Gasteiger partial charge in [-0.15, -0.1) is 0 Å². The zero-order chi connectivity index (χ0) is 20.2. The van der Waals surface area contributed by atoms with Crippen molar-refractivity contribution in [3.05, 3.63) is 89.4 Å². The third-order valence-corrected chi connectivity index (χ3v) is 5.62. The molecule has 1 unspecified atom stereocenters. The largest absolute Gasteiger partial charge is 0.467 e. The second kappa shape index (κ2) is 8.66. The minimum atomic E-state index is -0.711. The van der Waals surface area contributed by atoms with Gasteiger partial charge >= 0.3 is 0 Å². The first kappa shape index (κ1) is 19.5. The number of hydrogen-bond acceptors (Lipinski definition) is 3. The number of aromatic nitrogens is 1. The van der Waals surface area contributed by atoms with Crippen LogP contribution in [0.1, 0.15) is 46.1 Å². The van der Waals surface area contributed by atoms with Crippen molar-refractivity contribution < 1.29 is 18.2 Å². The minimum Gasteiger partial charge on any atom is -0.467 e. The second-order valence-corrected chi connectivity index (χ2v) is 7.66. The number of carbonyl (C=O) groups is 1.